The van der Waals surface area contributed by atoms with Crippen LogP contribution in [0.5, 0.6) is 5.75 Å². The largest absolute Gasteiger partial charge is 0.573 e. The van der Waals surface area contributed by atoms with E-state index in [9.17, 15) is 27.6 Å². The summed E-state index contributed by atoms with van der Waals surface area (Å²) in [5.74, 6) is -2.31. The van der Waals surface area contributed by atoms with E-state index in [2.05, 4.69) is 35.8 Å². The van der Waals surface area contributed by atoms with Crippen LogP contribution in [0.4, 0.5) is 17.6 Å². The van der Waals surface area contributed by atoms with Crippen molar-refractivity contribution < 1.29 is 27.1 Å². The van der Waals surface area contributed by atoms with Gasteiger partial charge in [-0.15, -0.1) is 13.2 Å². The van der Waals surface area contributed by atoms with Gasteiger partial charge in [-0.05, 0) is 24.3 Å². The lowest BCUT2D eigenvalue weighted by molar-refractivity contribution is -0.274. The quantitative estimate of drug-likeness (QED) is 0.354. The molecule has 1 aliphatic heterocycles. The zero-order chi connectivity index (χ0) is 27.6. The van der Waals surface area contributed by atoms with E-state index in [0.29, 0.717) is 31.0 Å². The van der Waals surface area contributed by atoms with Crippen molar-refractivity contribution in [3.63, 3.8) is 0 Å². The van der Waals surface area contributed by atoms with Gasteiger partial charge in [-0.2, -0.15) is 10.4 Å². The molecule has 5 rings (SSSR count). The summed E-state index contributed by atoms with van der Waals surface area (Å²) in [6.45, 7) is 1.80. The van der Waals surface area contributed by atoms with Crippen molar-refractivity contribution in [1.29, 1.82) is 5.26 Å². The molecule has 1 aromatic carbocycles. The number of carbonyl (C=O) groups is 1. The maximum atomic E-state index is 14.3. The summed E-state index contributed by atoms with van der Waals surface area (Å²) in [7, 11) is 0. The van der Waals surface area contributed by atoms with Gasteiger partial charge in [0.15, 0.2) is 0 Å². The van der Waals surface area contributed by atoms with Crippen molar-refractivity contribution in [2.24, 2.45) is 0 Å². The number of H-pyrrole nitrogens is 1. The normalized spacial score (nSPS) is 15.3. The lowest BCUT2D eigenvalue weighted by Gasteiger charge is -2.36. The first-order valence-corrected chi connectivity index (χ1v) is 12.0. The van der Waals surface area contributed by atoms with Crippen molar-refractivity contribution in [2.75, 3.05) is 32.7 Å². The zero-order valence-corrected chi connectivity index (χ0v) is 20.4. The number of nitrogens with zero attached hydrogens (tertiary/aromatic N) is 7. The predicted molar refractivity (Wildman–Crippen MR) is 130 cm³/mol. The van der Waals surface area contributed by atoms with Gasteiger partial charge >= 0.3 is 6.36 Å². The fourth-order valence-electron chi connectivity index (χ4n) is 4.58. The van der Waals surface area contributed by atoms with Crippen LogP contribution in [-0.4, -0.2) is 79.5 Å². The second-order valence-corrected chi connectivity index (χ2v) is 8.97. The number of alkyl halides is 3. The molecule has 4 aromatic rings. The molecule has 1 atom stereocenters. The molecule has 0 bridgehead atoms. The van der Waals surface area contributed by atoms with Gasteiger partial charge in [-0.1, -0.05) is 0 Å². The number of hydrogen-bond donors (Lipinski definition) is 1. The molecule has 1 unspecified atom stereocenters. The number of benzene rings is 1. The number of aromatic amines is 1. The Balaban J connectivity index is 1.24. The molecule has 10 nitrogen and oxygen atoms in total. The van der Waals surface area contributed by atoms with Crippen LogP contribution in [0, 0.1) is 17.1 Å². The highest BCUT2D eigenvalue weighted by Crippen LogP contribution is 2.27. The molecule has 39 heavy (non-hydrogen) atoms. The number of nitrogens with one attached hydrogen (secondary N) is 1. The topological polar surface area (TPSA) is 116 Å². The van der Waals surface area contributed by atoms with Gasteiger partial charge in [0.05, 0.1) is 36.0 Å². The van der Waals surface area contributed by atoms with Crippen molar-refractivity contribution >= 4 is 16.9 Å². The fraction of sp³-hybridized carbons (Fsp3) is 0.320. The average Bonchev–Trinajstić information content (AvgIpc) is 3.59. The SMILES string of the molecule is N#CCC(CN1CCN(C(=O)c2cc(OC(F)(F)F)ccc2F)CC1)n1cc(-c2ncnc3[nH]ccc23)cn1. The highest BCUT2D eigenvalue weighted by Gasteiger charge is 2.32. The summed E-state index contributed by atoms with van der Waals surface area (Å²) < 4.78 is 57.4. The number of nitriles is 1. The minimum atomic E-state index is -4.96. The number of piperazine rings is 1. The molecule has 1 saturated heterocycles. The van der Waals surface area contributed by atoms with E-state index in [0.717, 1.165) is 29.1 Å². The first kappa shape index (κ1) is 26.1. The summed E-state index contributed by atoms with van der Waals surface area (Å²) in [5, 5.41) is 14.7. The van der Waals surface area contributed by atoms with Crippen LogP contribution < -0.4 is 4.74 Å². The maximum Gasteiger partial charge on any atom is 0.573 e. The van der Waals surface area contributed by atoms with Gasteiger partial charge in [-0.25, -0.2) is 14.4 Å². The van der Waals surface area contributed by atoms with Crippen molar-refractivity contribution in [2.45, 2.75) is 18.8 Å². The molecular weight excluding hydrogens is 520 g/mol. The molecule has 1 amide bonds. The molecule has 0 spiro atoms. The second kappa shape index (κ2) is 10.7. The molecule has 0 saturated carbocycles. The Bertz CT molecular complexity index is 1520. The number of amides is 1. The minimum Gasteiger partial charge on any atom is -0.406 e. The van der Waals surface area contributed by atoms with Gasteiger partial charge in [-0.3, -0.25) is 14.4 Å². The van der Waals surface area contributed by atoms with E-state index in [-0.39, 0.29) is 25.6 Å². The molecule has 0 aliphatic carbocycles. The van der Waals surface area contributed by atoms with E-state index in [1.165, 1.54) is 11.2 Å². The smallest absolute Gasteiger partial charge is 0.406 e. The van der Waals surface area contributed by atoms with Gasteiger partial charge < -0.3 is 14.6 Å². The van der Waals surface area contributed by atoms with Gasteiger partial charge in [0.2, 0.25) is 0 Å². The number of halogens is 4. The number of aromatic nitrogens is 5. The van der Waals surface area contributed by atoms with Crippen molar-refractivity contribution in [3.05, 3.63) is 60.6 Å². The van der Waals surface area contributed by atoms with Crippen LogP contribution >= 0.6 is 0 Å². The zero-order valence-electron chi connectivity index (χ0n) is 20.4. The molecular formula is C25H22F4N8O2. The van der Waals surface area contributed by atoms with Gasteiger partial charge in [0.1, 0.15) is 23.5 Å². The van der Waals surface area contributed by atoms with Gasteiger partial charge in [0, 0.05) is 56.1 Å². The third kappa shape index (κ3) is 5.83. The highest BCUT2D eigenvalue weighted by molar-refractivity contribution is 5.95. The Morgan fingerprint density at radius 2 is 1.97 bits per heavy atom. The van der Waals surface area contributed by atoms with E-state index >= 15 is 0 Å². The molecule has 1 N–H and O–H groups in total. The second-order valence-electron chi connectivity index (χ2n) is 8.97. The Morgan fingerprint density at radius 1 is 1.18 bits per heavy atom. The van der Waals surface area contributed by atoms with Crippen LogP contribution in [0.3, 0.4) is 0 Å². The predicted octanol–water partition coefficient (Wildman–Crippen LogP) is 3.77. The van der Waals surface area contributed by atoms with Crippen LogP contribution in [0.15, 0.2) is 49.2 Å². The highest BCUT2D eigenvalue weighted by atomic mass is 19.4. The molecule has 1 fully saturated rings. The van der Waals surface area contributed by atoms with Crippen LogP contribution in [0.2, 0.25) is 0 Å². The summed E-state index contributed by atoms with van der Waals surface area (Å²) in [5.41, 5.74) is 1.71. The standard InChI is InChI=1S/C25H22F4N8O2/c26-21-2-1-18(39-25(27,28)29)11-20(21)24(38)36-9-7-35(8-10-36)14-17(3-5-30)37-13-16(12-34-37)22-19-4-6-31-23(19)33-15-32-22/h1-2,4,6,11-13,15,17H,3,7-10,14H2,(H,31,32,33). The summed E-state index contributed by atoms with van der Waals surface area (Å²) in [4.78, 5) is 27.9. The Labute approximate surface area is 219 Å². The van der Waals surface area contributed by atoms with Crippen molar-refractivity contribution in [3.8, 4) is 23.1 Å². The summed E-state index contributed by atoms with van der Waals surface area (Å²) in [6, 6.07) is 6.14. The number of rotatable bonds is 7. The lowest BCUT2D eigenvalue weighted by atomic mass is 10.1. The summed E-state index contributed by atoms with van der Waals surface area (Å²) >= 11 is 0. The monoisotopic (exact) mass is 542 g/mol. The van der Waals surface area contributed by atoms with Crippen LogP contribution in [0.1, 0.15) is 22.8 Å². The first-order chi connectivity index (χ1) is 18.7. The molecule has 3 aromatic heterocycles. The Morgan fingerprint density at radius 3 is 2.72 bits per heavy atom. The first-order valence-electron chi connectivity index (χ1n) is 12.0. The van der Waals surface area contributed by atoms with E-state index in [4.69, 9.17) is 0 Å². The molecule has 4 heterocycles. The Kier molecular flexibility index (Phi) is 7.16. The summed E-state index contributed by atoms with van der Waals surface area (Å²) in [6.07, 6.45) is 1.99. The van der Waals surface area contributed by atoms with Crippen LogP contribution in [0.25, 0.3) is 22.3 Å². The number of fused-ring (bicyclic) bond motifs is 1. The molecule has 1 aliphatic rings. The van der Waals surface area contributed by atoms with E-state index < -0.39 is 29.4 Å². The van der Waals surface area contributed by atoms with E-state index in [1.807, 2.05) is 12.3 Å². The maximum absolute atomic E-state index is 14.3. The van der Waals surface area contributed by atoms with Crippen LogP contribution in [-0.2, 0) is 0 Å². The van der Waals surface area contributed by atoms with E-state index in [1.54, 1.807) is 17.1 Å². The third-order valence-corrected chi connectivity index (χ3v) is 6.46. The molecule has 0 radical (unpaired) electrons. The Hall–Kier alpha value is -4.51. The third-order valence-electron chi connectivity index (χ3n) is 6.46. The fourth-order valence-corrected chi connectivity index (χ4v) is 4.58. The number of hydrogen-bond acceptors (Lipinski definition) is 7. The van der Waals surface area contributed by atoms with Gasteiger partial charge in [0.25, 0.3) is 5.91 Å². The van der Waals surface area contributed by atoms with Crippen molar-refractivity contribution in [1.82, 2.24) is 34.5 Å². The lowest BCUT2D eigenvalue weighted by Crippen LogP contribution is -2.50. The minimum absolute atomic E-state index is 0.195. The molecule has 14 heteroatoms. The molecule has 202 valence electrons. The number of carbonyl (C=O) groups excluding carboxylic acids is 1. The number of ether oxygens (including phenoxy) is 1. The average molecular weight is 542 g/mol.